The predicted molar refractivity (Wildman–Crippen MR) is 233 cm³/mol. The molecule has 2 atom stereocenters. The number of unbranched alkanes of at least 4 members (excludes halogenated alkanes) is 15. The molecular formula is C46H83NO8P+. The van der Waals surface area contributed by atoms with Crippen LogP contribution in [0.3, 0.4) is 0 Å². The Morgan fingerprint density at radius 2 is 0.982 bits per heavy atom. The fourth-order valence-corrected chi connectivity index (χ4v) is 6.27. The maximum atomic E-state index is 12.7. The van der Waals surface area contributed by atoms with Crippen LogP contribution in [0.25, 0.3) is 0 Å². The van der Waals surface area contributed by atoms with Crippen molar-refractivity contribution >= 4 is 19.8 Å². The van der Waals surface area contributed by atoms with Crippen LogP contribution < -0.4 is 0 Å². The van der Waals surface area contributed by atoms with Crippen molar-refractivity contribution in [3.05, 3.63) is 60.8 Å². The van der Waals surface area contributed by atoms with Gasteiger partial charge in [0.25, 0.3) is 0 Å². The highest BCUT2D eigenvalue weighted by molar-refractivity contribution is 7.47. The Morgan fingerprint density at radius 1 is 0.554 bits per heavy atom. The van der Waals surface area contributed by atoms with E-state index in [4.69, 9.17) is 18.5 Å². The van der Waals surface area contributed by atoms with Crippen LogP contribution in [0.1, 0.15) is 168 Å². The Balaban J connectivity index is 4.49. The molecule has 0 saturated carbocycles. The number of likely N-dealkylation sites (N-methyl/N-ethyl adjacent to an activating group) is 1. The number of phosphoric acid groups is 1. The van der Waals surface area contributed by atoms with Crippen molar-refractivity contribution in [2.75, 3.05) is 47.5 Å². The third-order valence-corrected chi connectivity index (χ3v) is 10.0. The molecule has 1 N–H and O–H groups in total. The van der Waals surface area contributed by atoms with Crippen LogP contribution >= 0.6 is 7.82 Å². The second kappa shape index (κ2) is 38.2. The number of allylic oxidation sites excluding steroid dienone is 10. The van der Waals surface area contributed by atoms with Gasteiger partial charge in [-0.1, -0.05) is 139 Å². The molecule has 0 saturated heterocycles. The molecule has 0 aliphatic rings. The van der Waals surface area contributed by atoms with E-state index in [1.807, 2.05) is 21.1 Å². The van der Waals surface area contributed by atoms with Gasteiger partial charge >= 0.3 is 19.8 Å². The summed E-state index contributed by atoms with van der Waals surface area (Å²) in [6.45, 7) is 4.30. The standard InChI is InChI=1S/C46H82NO8P/c1-6-8-10-12-14-16-18-20-22-23-25-27-29-31-33-35-37-39-46(49)55-44(43-54-56(50,51)53-41-40-47(3,4)5)42-52-45(48)38-36-34-32-30-28-26-24-21-19-17-15-13-11-9-7-2/h15,17,20-22,24-25,27,31,33,44H,6-14,16,18-19,23,26,28-30,32,34-43H2,1-5H3/p+1/b17-15+,22-20+,24-21+,27-25+,33-31+/t44-/m1/s1. The second-order valence-corrected chi connectivity index (χ2v) is 17.2. The summed E-state index contributed by atoms with van der Waals surface area (Å²) in [5, 5.41) is 0. The lowest BCUT2D eigenvalue weighted by Crippen LogP contribution is -2.37. The van der Waals surface area contributed by atoms with Gasteiger partial charge in [0.2, 0.25) is 0 Å². The molecule has 0 aromatic carbocycles. The molecule has 56 heavy (non-hydrogen) atoms. The first-order valence-electron chi connectivity index (χ1n) is 22.0. The Kier molecular flexibility index (Phi) is 36.7. The van der Waals surface area contributed by atoms with Gasteiger partial charge in [0.15, 0.2) is 6.10 Å². The van der Waals surface area contributed by atoms with Crippen LogP contribution in [-0.4, -0.2) is 74.9 Å². The lowest BCUT2D eigenvalue weighted by atomic mass is 10.1. The number of hydrogen-bond donors (Lipinski definition) is 1. The summed E-state index contributed by atoms with van der Waals surface area (Å²) in [7, 11) is 1.43. The average Bonchev–Trinajstić information content (AvgIpc) is 3.15. The summed E-state index contributed by atoms with van der Waals surface area (Å²) in [4.78, 5) is 35.3. The number of nitrogens with zero attached hydrogens (tertiary/aromatic N) is 1. The summed E-state index contributed by atoms with van der Waals surface area (Å²) >= 11 is 0. The normalized spacial score (nSPS) is 14.2. The summed E-state index contributed by atoms with van der Waals surface area (Å²) in [6.07, 6.45) is 45.6. The summed E-state index contributed by atoms with van der Waals surface area (Å²) in [5.74, 6) is -0.880. The van der Waals surface area contributed by atoms with Crippen molar-refractivity contribution in [3.8, 4) is 0 Å². The number of phosphoric ester groups is 1. The zero-order valence-electron chi connectivity index (χ0n) is 36.3. The Bertz CT molecular complexity index is 1140. The first kappa shape index (κ1) is 53.7. The van der Waals surface area contributed by atoms with E-state index in [-0.39, 0.29) is 26.1 Å². The average molecular weight is 809 g/mol. The van der Waals surface area contributed by atoms with Crippen LogP contribution in [0.2, 0.25) is 0 Å². The largest absolute Gasteiger partial charge is 0.472 e. The van der Waals surface area contributed by atoms with Gasteiger partial charge < -0.3 is 18.9 Å². The quantitative estimate of drug-likeness (QED) is 0.0215. The van der Waals surface area contributed by atoms with Gasteiger partial charge in [0.05, 0.1) is 27.7 Å². The minimum Gasteiger partial charge on any atom is -0.462 e. The number of rotatable bonds is 39. The molecule has 0 aliphatic heterocycles. The molecule has 10 heteroatoms. The number of esters is 2. The lowest BCUT2D eigenvalue weighted by Gasteiger charge is -2.24. The van der Waals surface area contributed by atoms with E-state index in [2.05, 4.69) is 74.6 Å². The highest BCUT2D eigenvalue weighted by atomic mass is 31.2. The Labute approximate surface area is 343 Å². The van der Waals surface area contributed by atoms with Gasteiger partial charge in [-0.2, -0.15) is 0 Å². The fourth-order valence-electron chi connectivity index (χ4n) is 5.53. The van der Waals surface area contributed by atoms with Crippen molar-refractivity contribution in [1.82, 2.24) is 0 Å². The van der Waals surface area contributed by atoms with E-state index < -0.39 is 32.5 Å². The molecule has 324 valence electrons. The minimum absolute atomic E-state index is 0.0178. The number of carbonyl (C=O) groups is 2. The molecule has 9 nitrogen and oxygen atoms in total. The van der Waals surface area contributed by atoms with Crippen molar-refractivity contribution < 1.29 is 42.1 Å². The van der Waals surface area contributed by atoms with E-state index in [0.29, 0.717) is 23.9 Å². The minimum atomic E-state index is -4.39. The zero-order valence-corrected chi connectivity index (χ0v) is 37.2. The molecule has 0 aliphatic carbocycles. The van der Waals surface area contributed by atoms with E-state index >= 15 is 0 Å². The molecule has 0 aromatic rings. The summed E-state index contributed by atoms with van der Waals surface area (Å²) < 4.78 is 34.2. The molecular weight excluding hydrogens is 725 g/mol. The number of carbonyl (C=O) groups excluding carboxylic acids is 2. The van der Waals surface area contributed by atoms with Crippen molar-refractivity contribution in [3.63, 3.8) is 0 Å². The summed E-state index contributed by atoms with van der Waals surface area (Å²) in [6, 6.07) is 0. The van der Waals surface area contributed by atoms with E-state index in [1.165, 1.54) is 64.2 Å². The maximum Gasteiger partial charge on any atom is 0.472 e. The van der Waals surface area contributed by atoms with Gasteiger partial charge in [0.1, 0.15) is 19.8 Å². The van der Waals surface area contributed by atoms with Gasteiger partial charge in [-0.25, -0.2) is 4.57 Å². The van der Waals surface area contributed by atoms with E-state index in [1.54, 1.807) is 0 Å². The second-order valence-electron chi connectivity index (χ2n) is 15.7. The van der Waals surface area contributed by atoms with Gasteiger partial charge in [-0.3, -0.25) is 18.6 Å². The molecule has 0 bridgehead atoms. The van der Waals surface area contributed by atoms with E-state index in [0.717, 1.165) is 64.2 Å². The number of hydrogen-bond acceptors (Lipinski definition) is 7. The number of quaternary nitrogens is 1. The first-order valence-corrected chi connectivity index (χ1v) is 23.5. The molecule has 0 aromatic heterocycles. The van der Waals surface area contributed by atoms with E-state index in [9.17, 15) is 19.0 Å². The van der Waals surface area contributed by atoms with Crippen molar-refractivity contribution in [1.29, 1.82) is 0 Å². The fraction of sp³-hybridized carbons (Fsp3) is 0.739. The molecule has 0 heterocycles. The summed E-state index contributed by atoms with van der Waals surface area (Å²) in [5.41, 5.74) is 0. The molecule has 0 rings (SSSR count). The van der Waals surface area contributed by atoms with Crippen molar-refractivity contribution in [2.24, 2.45) is 0 Å². The molecule has 0 amide bonds. The van der Waals surface area contributed by atoms with Gasteiger partial charge in [-0.05, 0) is 77.0 Å². The lowest BCUT2D eigenvalue weighted by molar-refractivity contribution is -0.870. The molecule has 0 radical (unpaired) electrons. The van der Waals surface area contributed by atoms with Crippen molar-refractivity contribution in [2.45, 2.75) is 174 Å². The zero-order chi connectivity index (χ0) is 41.4. The van der Waals surface area contributed by atoms with Gasteiger partial charge in [-0.15, -0.1) is 0 Å². The Morgan fingerprint density at radius 3 is 1.52 bits per heavy atom. The molecule has 0 spiro atoms. The number of ether oxygens (including phenoxy) is 2. The van der Waals surface area contributed by atoms with Gasteiger partial charge in [0, 0.05) is 12.8 Å². The smallest absolute Gasteiger partial charge is 0.462 e. The highest BCUT2D eigenvalue weighted by Crippen LogP contribution is 2.43. The topological polar surface area (TPSA) is 108 Å². The monoisotopic (exact) mass is 809 g/mol. The maximum absolute atomic E-state index is 12.7. The third-order valence-electron chi connectivity index (χ3n) is 9.02. The molecule has 1 unspecified atom stereocenters. The third kappa shape index (κ3) is 41.3. The van der Waals surface area contributed by atoms with Crippen LogP contribution in [0.5, 0.6) is 0 Å². The van der Waals surface area contributed by atoms with Crippen LogP contribution in [0.4, 0.5) is 0 Å². The Hall–Kier alpha value is -2.29. The van der Waals surface area contributed by atoms with Crippen LogP contribution in [0.15, 0.2) is 60.8 Å². The molecule has 0 fully saturated rings. The highest BCUT2D eigenvalue weighted by Gasteiger charge is 2.27. The first-order chi connectivity index (χ1) is 27.0. The van der Waals surface area contributed by atoms with Crippen LogP contribution in [0, 0.1) is 0 Å². The predicted octanol–water partition coefficient (Wildman–Crippen LogP) is 12.5. The van der Waals surface area contributed by atoms with Crippen LogP contribution in [-0.2, 0) is 32.7 Å². The SMILES string of the molecule is CCCCC/C=C/C/C=C/CCCCCCCC(=O)OC[C@H](COP(=O)(O)OCC[N+](C)(C)C)OC(=O)CCC/C=C/C/C=C/C/C=C/CCCCCCCC.